The number of carbonyl (C=O) groups is 1. The first kappa shape index (κ1) is 10.7. The molecular weight excluding hydrogens is 200 g/mol. The third-order valence-corrected chi connectivity index (χ3v) is 2.93. The number of hydrogen-bond acceptors (Lipinski definition) is 2. The third kappa shape index (κ3) is 2.22. The summed E-state index contributed by atoms with van der Waals surface area (Å²) in [6, 6.07) is 11.9. The summed E-state index contributed by atoms with van der Waals surface area (Å²) in [7, 11) is 0. The Balaban J connectivity index is 2.07. The van der Waals surface area contributed by atoms with Gasteiger partial charge in [0, 0.05) is 19.5 Å². The lowest BCUT2D eigenvalue weighted by molar-refractivity contribution is -0.127. The molecule has 3 heteroatoms. The quantitative estimate of drug-likeness (QED) is 0.771. The third-order valence-electron chi connectivity index (χ3n) is 2.93. The molecule has 1 saturated heterocycles. The Labute approximate surface area is 95.3 Å². The second kappa shape index (κ2) is 4.80. The first-order chi connectivity index (χ1) is 7.81. The molecular formula is C13H14N2O. The van der Waals surface area contributed by atoms with Crippen LogP contribution in [0.25, 0.3) is 0 Å². The number of carbonyl (C=O) groups excluding carboxylic acids is 1. The van der Waals surface area contributed by atoms with Crippen molar-refractivity contribution in [2.75, 3.05) is 13.1 Å². The summed E-state index contributed by atoms with van der Waals surface area (Å²) in [4.78, 5) is 13.3. The Morgan fingerprint density at radius 1 is 1.38 bits per heavy atom. The predicted octanol–water partition coefficient (Wildman–Crippen LogP) is 1.92. The SMILES string of the molecule is N#CC(CN1CCCC1=O)c1ccccc1. The van der Waals surface area contributed by atoms with Crippen LogP contribution in [0, 0.1) is 11.3 Å². The molecule has 1 unspecified atom stereocenters. The fourth-order valence-corrected chi connectivity index (χ4v) is 2.02. The normalized spacial score (nSPS) is 17.2. The average Bonchev–Trinajstić information content (AvgIpc) is 2.73. The molecule has 2 rings (SSSR count). The number of amides is 1. The van der Waals surface area contributed by atoms with E-state index < -0.39 is 0 Å². The molecule has 0 aromatic heterocycles. The second-order valence-electron chi connectivity index (χ2n) is 4.04. The topological polar surface area (TPSA) is 44.1 Å². The minimum absolute atomic E-state index is 0.177. The molecule has 0 radical (unpaired) electrons. The molecule has 0 saturated carbocycles. The molecule has 1 fully saturated rings. The average molecular weight is 214 g/mol. The van der Waals surface area contributed by atoms with Crippen molar-refractivity contribution in [2.45, 2.75) is 18.8 Å². The van der Waals surface area contributed by atoms with Crippen LogP contribution in [-0.2, 0) is 4.79 Å². The lowest BCUT2D eigenvalue weighted by atomic mass is 10.0. The predicted molar refractivity (Wildman–Crippen MR) is 60.6 cm³/mol. The van der Waals surface area contributed by atoms with E-state index in [0.717, 1.165) is 18.5 Å². The van der Waals surface area contributed by atoms with Gasteiger partial charge in [0.2, 0.25) is 5.91 Å². The molecule has 0 spiro atoms. The van der Waals surface area contributed by atoms with Crippen LogP contribution < -0.4 is 0 Å². The van der Waals surface area contributed by atoms with E-state index in [0.29, 0.717) is 13.0 Å². The maximum atomic E-state index is 11.5. The minimum atomic E-state index is -0.205. The van der Waals surface area contributed by atoms with Crippen LogP contribution in [-0.4, -0.2) is 23.9 Å². The Morgan fingerprint density at radius 3 is 2.69 bits per heavy atom. The van der Waals surface area contributed by atoms with Gasteiger partial charge in [-0.05, 0) is 12.0 Å². The number of nitriles is 1. The van der Waals surface area contributed by atoms with Gasteiger partial charge in [-0.15, -0.1) is 0 Å². The fraction of sp³-hybridized carbons (Fsp3) is 0.385. The van der Waals surface area contributed by atoms with E-state index >= 15 is 0 Å². The Bertz CT molecular complexity index is 408. The van der Waals surface area contributed by atoms with E-state index in [1.165, 1.54) is 0 Å². The number of benzene rings is 1. The van der Waals surface area contributed by atoms with E-state index in [4.69, 9.17) is 5.26 Å². The zero-order valence-electron chi connectivity index (χ0n) is 9.10. The van der Waals surface area contributed by atoms with Crippen LogP contribution in [0.4, 0.5) is 0 Å². The summed E-state index contributed by atoms with van der Waals surface area (Å²) in [6.07, 6.45) is 1.55. The second-order valence-corrected chi connectivity index (χ2v) is 4.04. The molecule has 0 N–H and O–H groups in total. The summed E-state index contributed by atoms with van der Waals surface area (Å²) >= 11 is 0. The van der Waals surface area contributed by atoms with Crippen molar-refractivity contribution in [3.63, 3.8) is 0 Å². The molecule has 1 aromatic carbocycles. The fourth-order valence-electron chi connectivity index (χ4n) is 2.02. The van der Waals surface area contributed by atoms with Crippen LogP contribution in [0.3, 0.4) is 0 Å². The Kier molecular flexibility index (Phi) is 3.21. The lowest BCUT2D eigenvalue weighted by Gasteiger charge is -2.19. The maximum absolute atomic E-state index is 11.5. The highest BCUT2D eigenvalue weighted by Crippen LogP contribution is 2.19. The highest BCUT2D eigenvalue weighted by molar-refractivity contribution is 5.78. The lowest BCUT2D eigenvalue weighted by Crippen LogP contribution is -2.29. The number of hydrogen-bond donors (Lipinski definition) is 0. The van der Waals surface area contributed by atoms with Gasteiger partial charge < -0.3 is 4.90 Å². The molecule has 1 atom stereocenters. The van der Waals surface area contributed by atoms with Gasteiger partial charge in [-0.25, -0.2) is 0 Å². The van der Waals surface area contributed by atoms with Crippen molar-refractivity contribution in [1.29, 1.82) is 5.26 Å². The van der Waals surface area contributed by atoms with Crippen molar-refractivity contribution in [1.82, 2.24) is 4.90 Å². The van der Waals surface area contributed by atoms with Crippen molar-refractivity contribution in [2.24, 2.45) is 0 Å². The van der Waals surface area contributed by atoms with E-state index in [9.17, 15) is 4.79 Å². The molecule has 1 heterocycles. The summed E-state index contributed by atoms with van der Waals surface area (Å²) < 4.78 is 0. The first-order valence-corrected chi connectivity index (χ1v) is 5.53. The Morgan fingerprint density at radius 2 is 2.12 bits per heavy atom. The van der Waals surface area contributed by atoms with E-state index in [1.807, 2.05) is 30.3 Å². The van der Waals surface area contributed by atoms with Crippen molar-refractivity contribution < 1.29 is 4.79 Å². The molecule has 0 aliphatic carbocycles. The monoisotopic (exact) mass is 214 g/mol. The summed E-state index contributed by atoms with van der Waals surface area (Å²) in [6.45, 7) is 1.32. The van der Waals surface area contributed by atoms with Gasteiger partial charge in [0.25, 0.3) is 0 Å². The first-order valence-electron chi connectivity index (χ1n) is 5.53. The highest BCUT2D eigenvalue weighted by Gasteiger charge is 2.23. The van der Waals surface area contributed by atoms with Gasteiger partial charge in [-0.2, -0.15) is 5.26 Å². The minimum Gasteiger partial charge on any atom is -0.341 e. The van der Waals surface area contributed by atoms with Gasteiger partial charge in [-0.1, -0.05) is 30.3 Å². The largest absolute Gasteiger partial charge is 0.341 e. The zero-order chi connectivity index (χ0) is 11.4. The zero-order valence-corrected chi connectivity index (χ0v) is 9.10. The molecule has 0 bridgehead atoms. The molecule has 1 aliphatic rings. The number of nitrogens with zero attached hydrogens (tertiary/aromatic N) is 2. The molecule has 16 heavy (non-hydrogen) atoms. The van der Waals surface area contributed by atoms with E-state index in [2.05, 4.69) is 6.07 Å². The van der Waals surface area contributed by atoms with Crippen LogP contribution in [0.15, 0.2) is 30.3 Å². The van der Waals surface area contributed by atoms with Crippen molar-refractivity contribution >= 4 is 5.91 Å². The maximum Gasteiger partial charge on any atom is 0.222 e. The summed E-state index contributed by atoms with van der Waals surface area (Å²) in [5.41, 5.74) is 0.990. The molecule has 82 valence electrons. The molecule has 3 nitrogen and oxygen atoms in total. The number of likely N-dealkylation sites (tertiary alicyclic amines) is 1. The van der Waals surface area contributed by atoms with E-state index in [-0.39, 0.29) is 11.8 Å². The standard InChI is InChI=1S/C13H14N2O/c14-9-12(11-5-2-1-3-6-11)10-15-8-4-7-13(15)16/h1-3,5-6,12H,4,7-8,10H2. The van der Waals surface area contributed by atoms with Crippen molar-refractivity contribution in [3.05, 3.63) is 35.9 Å². The van der Waals surface area contributed by atoms with Gasteiger partial charge in [-0.3, -0.25) is 4.79 Å². The summed E-state index contributed by atoms with van der Waals surface area (Å²) in [5.74, 6) is -0.0283. The van der Waals surface area contributed by atoms with Gasteiger partial charge in [0.1, 0.15) is 0 Å². The van der Waals surface area contributed by atoms with E-state index in [1.54, 1.807) is 4.90 Å². The molecule has 1 amide bonds. The Hall–Kier alpha value is -1.82. The van der Waals surface area contributed by atoms with Crippen LogP contribution >= 0.6 is 0 Å². The van der Waals surface area contributed by atoms with Crippen molar-refractivity contribution in [3.8, 4) is 6.07 Å². The molecule has 1 aromatic rings. The van der Waals surface area contributed by atoms with Gasteiger partial charge in [0.05, 0.1) is 12.0 Å². The van der Waals surface area contributed by atoms with Crippen LogP contribution in [0.2, 0.25) is 0 Å². The smallest absolute Gasteiger partial charge is 0.222 e. The van der Waals surface area contributed by atoms with Gasteiger partial charge in [0.15, 0.2) is 0 Å². The van der Waals surface area contributed by atoms with Crippen LogP contribution in [0.5, 0.6) is 0 Å². The molecule has 1 aliphatic heterocycles. The van der Waals surface area contributed by atoms with Gasteiger partial charge >= 0.3 is 0 Å². The number of rotatable bonds is 3. The highest BCUT2D eigenvalue weighted by atomic mass is 16.2. The van der Waals surface area contributed by atoms with Crippen LogP contribution in [0.1, 0.15) is 24.3 Å². The summed E-state index contributed by atoms with van der Waals surface area (Å²) in [5, 5.41) is 9.14.